The maximum atomic E-state index is 12.2. The van der Waals surface area contributed by atoms with Crippen LogP contribution in [0, 0.1) is 0 Å². The lowest BCUT2D eigenvalue weighted by Crippen LogP contribution is -2.17. The Balaban J connectivity index is 1.83. The first-order valence-electron chi connectivity index (χ1n) is 7.35. The molecule has 25 heavy (non-hydrogen) atoms. The molecular formula is C15H15N5O4S. The van der Waals surface area contributed by atoms with E-state index in [1.54, 1.807) is 18.2 Å². The Morgan fingerprint density at radius 1 is 1.28 bits per heavy atom. The number of benzene rings is 1. The summed E-state index contributed by atoms with van der Waals surface area (Å²) in [6, 6.07) is 7.61. The second-order valence-corrected chi connectivity index (χ2v) is 7.21. The van der Waals surface area contributed by atoms with Crippen LogP contribution in [0.4, 0.5) is 6.01 Å². The maximum absolute atomic E-state index is 12.2. The number of rotatable bonds is 5. The van der Waals surface area contributed by atoms with Crippen LogP contribution >= 0.6 is 0 Å². The van der Waals surface area contributed by atoms with E-state index < -0.39 is 15.7 Å². The highest BCUT2D eigenvalue weighted by molar-refractivity contribution is 7.90. The standard InChI is InChI=1S/C15H15N5O4S/c1-3-20-12(7-8-16-20)13(21)17-15-19-18-14(24-15)10-5-4-6-11(9-10)25(2,22)23/h4-9H,3H2,1-2H3,(H,17,19,21). The number of hydrogen-bond acceptors (Lipinski definition) is 7. The highest BCUT2D eigenvalue weighted by Gasteiger charge is 2.16. The Bertz CT molecular complexity index is 1020. The summed E-state index contributed by atoms with van der Waals surface area (Å²) in [5.41, 5.74) is 0.802. The summed E-state index contributed by atoms with van der Waals surface area (Å²) in [4.78, 5) is 12.3. The molecule has 1 amide bonds. The van der Waals surface area contributed by atoms with Crippen LogP contribution < -0.4 is 5.32 Å². The highest BCUT2D eigenvalue weighted by Crippen LogP contribution is 2.23. The van der Waals surface area contributed by atoms with E-state index in [4.69, 9.17) is 4.42 Å². The average molecular weight is 361 g/mol. The normalized spacial score (nSPS) is 11.4. The number of aryl methyl sites for hydroxylation is 1. The van der Waals surface area contributed by atoms with E-state index in [-0.39, 0.29) is 16.8 Å². The number of carbonyl (C=O) groups excluding carboxylic acids is 1. The molecule has 0 spiro atoms. The third-order valence-corrected chi connectivity index (χ3v) is 4.51. The van der Waals surface area contributed by atoms with Crippen molar-refractivity contribution in [3.8, 4) is 11.5 Å². The molecule has 0 bridgehead atoms. The zero-order chi connectivity index (χ0) is 18.0. The molecule has 0 atom stereocenters. The lowest BCUT2D eigenvalue weighted by Gasteiger charge is -2.03. The maximum Gasteiger partial charge on any atom is 0.322 e. The number of aromatic nitrogens is 4. The van der Waals surface area contributed by atoms with Crippen molar-refractivity contribution in [2.24, 2.45) is 0 Å². The molecule has 1 N–H and O–H groups in total. The molecule has 0 saturated heterocycles. The van der Waals surface area contributed by atoms with Crippen LogP contribution in [0.2, 0.25) is 0 Å². The summed E-state index contributed by atoms with van der Waals surface area (Å²) >= 11 is 0. The summed E-state index contributed by atoms with van der Waals surface area (Å²) in [5.74, 6) is -0.329. The molecule has 0 aliphatic carbocycles. The van der Waals surface area contributed by atoms with Gasteiger partial charge in [0.25, 0.3) is 5.91 Å². The topological polar surface area (TPSA) is 120 Å². The number of nitrogens with zero attached hydrogens (tertiary/aromatic N) is 4. The molecule has 0 radical (unpaired) electrons. The van der Waals surface area contributed by atoms with Gasteiger partial charge in [-0.3, -0.25) is 14.8 Å². The molecular weight excluding hydrogens is 346 g/mol. The van der Waals surface area contributed by atoms with Crippen molar-refractivity contribution in [1.29, 1.82) is 0 Å². The van der Waals surface area contributed by atoms with E-state index in [2.05, 4.69) is 20.6 Å². The zero-order valence-electron chi connectivity index (χ0n) is 13.5. The summed E-state index contributed by atoms with van der Waals surface area (Å²) < 4.78 is 30.2. The number of amides is 1. The highest BCUT2D eigenvalue weighted by atomic mass is 32.2. The minimum absolute atomic E-state index is 0.0892. The molecule has 2 heterocycles. The molecule has 0 unspecified atom stereocenters. The summed E-state index contributed by atoms with van der Waals surface area (Å²) in [5, 5.41) is 14.1. The SMILES string of the molecule is CCn1nccc1C(=O)Nc1nnc(-c2cccc(S(C)(=O)=O)c2)o1. The number of hydrogen-bond donors (Lipinski definition) is 1. The molecule has 3 rings (SSSR count). The van der Waals surface area contributed by atoms with Gasteiger partial charge < -0.3 is 4.42 Å². The number of sulfone groups is 1. The molecule has 2 aromatic heterocycles. The van der Waals surface area contributed by atoms with Gasteiger partial charge in [0.2, 0.25) is 5.89 Å². The van der Waals surface area contributed by atoms with Crippen LogP contribution in [0.15, 0.2) is 45.8 Å². The van der Waals surface area contributed by atoms with Crippen LogP contribution in [0.25, 0.3) is 11.5 Å². The van der Waals surface area contributed by atoms with E-state index in [1.165, 1.54) is 23.0 Å². The number of carbonyl (C=O) groups is 1. The predicted octanol–water partition coefficient (Wildman–Crippen LogP) is 1.61. The summed E-state index contributed by atoms with van der Waals surface area (Å²) in [6.45, 7) is 2.41. The fourth-order valence-electron chi connectivity index (χ4n) is 2.19. The van der Waals surface area contributed by atoms with Crippen LogP contribution in [0.1, 0.15) is 17.4 Å². The fourth-order valence-corrected chi connectivity index (χ4v) is 2.86. The molecule has 10 heteroatoms. The van der Waals surface area contributed by atoms with Gasteiger partial charge >= 0.3 is 6.01 Å². The first-order chi connectivity index (χ1) is 11.9. The van der Waals surface area contributed by atoms with E-state index in [1.807, 2.05) is 6.92 Å². The Labute approximate surface area is 143 Å². The van der Waals surface area contributed by atoms with Gasteiger partial charge in [0.05, 0.1) is 4.90 Å². The number of nitrogens with one attached hydrogen (secondary N) is 1. The molecule has 3 aromatic rings. The van der Waals surface area contributed by atoms with E-state index in [9.17, 15) is 13.2 Å². The Kier molecular flexibility index (Phi) is 4.36. The minimum atomic E-state index is -3.35. The second-order valence-electron chi connectivity index (χ2n) is 5.20. The third kappa shape index (κ3) is 3.58. The molecule has 0 aliphatic heterocycles. The lowest BCUT2D eigenvalue weighted by atomic mass is 10.2. The third-order valence-electron chi connectivity index (χ3n) is 3.40. The van der Waals surface area contributed by atoms with Gasteiger partial charge in [-0.05, 0) is 31.2 Å². The zero-order valence-corrected chi connectivity index (χ0v) is 14.3. The summed E-state index contributed by atoms with van der Waals surface area (Å²) in [6.07, 6.45) is 2.64. The molecule has 0 saturated carbocycles. The fraction of sp³-hybridized carbons (Fsp3) is 0.200. The first-order valence-corrected chi connectivity index (χ1v) is 9.25. The number of anilines is 1. The van der Waals surface area contributed by atoms with E-state index >= 15 is 0 Å². The van der Waals surface area contributed by atoms with Crippen molar-refractivity contribution >= 4 is 21.8 Å². The first kappa shape index (κ1) is 16.8. The van der Waals surface area contributed by atoms with Gasteiger partial charge in [-0.25, -0.2) is 8.42 Å². The minimum Gasteiger partial charge on any atom is -0.403 e. The summed E-state index contributed by atoms with van der Waals surface area (Å²) in [7, 11) is -3.35. The molecule has 0 aliphatic rings. The lowest BCUT2D eigenvalue weighted by molar-refractivity contribution is 0.101. The predicted molar refractivity (Wildman–Crippen MR) is 88.7 cm³/mol. The largest absolute Gasteiger partial charge is 0.403 e. The van der Waals surface area contributed by atoms with Gasteiger partial charge in [0, 0.05) is 24.6 Å². The van der Waals surface area contributed by atoms with Crippen molar-refractivity contribution < 1.29 is 17.6 Å². The van der Waals surface area contributed by atoms with Crippen molar-refractivity contribution in [3.05, 3.63) is 42.2 Å². The molecule has 9 nitrogen and oxygen atoms in total. The van der Waals surface area contributed by atoms with E-state index in [0.29, 0.717) is 17.8 Å². The van der Waals surface area contributed by atoms with Crippen LogP contribution in [-0.2, 0) is 16.4 Å². The van der Waals surface area contributed by atoms with Gasteiger partial charge in [-0.15, -0.1) is 5.10 Å². The Hall–Kier alpha value is -3.01. The second kappa shape index (κ2) is 6.48. The molecule has 1 aromatic carbocycles. The monoisotopic (exact) mass is 361 g/mol. The van der Waals surface area contributed by atoms with Crippen molar-refractivity contribution in [2.45, 2.75) is 18.4 Å². The van der Waals surface area contributed by atoms with Gasteiger partial charge in [-0.1, -0.05) is 11.2 Å². The smallest absolute Gasteiger partial charge is 0.322 e. The van der Waals surface area contributed by atoms with Gasteiger partial charge in [-0.2, -0.15) is 5.10 Å². The van der Waals surface area contributed by atoms with Crippen LogP contribution in [-0.4, -0.2) is 40.6 Å². The van der Waals surface area contributed by atoms with E-state index in [0.717, 1.165) is 6.26 Å². The van der Waals surface area contributed by atoms with Gasteiger partial charge in [0.1, 0.15) is 5.69 Å². The van der Waals surface area contributed by atoms with Crippen molar-refractivity contribution in [1.82, 2.24) is 20.0 Å². The van der Waals surface area contributed by atoms with Crippen LogP contribution in [0.5, 0.6) is 0 Å². The Morgan fingerprint density at radius 2 is 2.08 bits per heavy atom. The van der Waals surface area contributed by atoms with Crippen molar-refractivity contribution in [2.75, 3.05) is 11.6 Å². The molecule has 130 valence electrons. The van der Waals surface area contributed by atoms with Gasteiger partial charge in [0.15, 0.2) is 9.84 Å². The molecule has 0 fully saturated rings. The van der Waals surface area contributed by atoms with Crippen LogP contribution in [0.3, 0.4) is 0 Å². The van der Waals surface area contributed by atoms with Crippen molar-refractivity contribution in [3.63, 3.8) is 0 Å². The average Bonchev–Trinajstić information content (AvgIpc) is 3.23. The quantitative estimate of drug-likeness (QED) is 0.733. The Morgan fingerprint density at radius 3 is 2.80 bits per heavy atom.